The number of carbonyl (C=O) groups is 3. The molecule has 7 heteroatoms. The van der Waals surface area contributed by atoms with Crippen molar-refractivity contribution in [1.29, 1.82) is 0 Å². The van der Waals surface area contributed by atoms with Crippen LogP contribution >= 0.6 is 11.8 Å². The predicted octanol–water partition coefficient (Wildman–Crippen LogP) is 5.80. The van der Waals surface area contributed by atoms with Gasteiger partial charge in [-0.1, -0.05) is 67.6 Å². The second kappa shape index (κ2) is 10.6. The monoisotopic (exact) mass is 475 g/mol. The third-order valence-corrected chi connectivity index (χ3v) is 6.42. The molecule has 0 radical (unpaired) electrons. The molecule has 3 aromatic rings. The first-order valence-corrected chi connectivity index (χ1v) is 11.9. The molecule has 0 spiro atoms. The van der Waals surface area contributed by atoms with Crippen molar-refractivity contribution in [3.05, 3.63) is 82.8 Å². The third-order valence-electron chi connectivity index (χ3n) is 5.51. The number of fused-ring (bicyclic) bond motifs is 1. The maximum atomic E-state index is 13.0. The number of rotatable bonds is 8. The fourth-order valence-electron chi connectivity index (χ4n) is 3.53. The molecule has 1 fully saturated rings. The lowest BCUT2D eigenvalue weighted by atomic mass is 10.0. The van der Waals surface area contributed by atoms with Gasteiger partial charge in [0.05, 0.1) is 11.0 Å². The third kappa shape index (κ3) is 5.31. The Bertz CT molecular complexity index is 1250. The van der Waals surface area contributed by atoms with Gasteiger partial charge in [-0.3, -0.25) is 19.3 Å². The molecule has 1 aliphatic rings. The number of ether oxygens (including phenoxy) is 2. The summed E-state index contributed by atoms with van der Waals surface area (Å²) in [4.78, 5) is 38.9. The molecule has 0 aromatic heterocycles. The molecule has 0 bridgehead atoms. The smallest absolute Gasteiger partial charge is 0.326 e. The molecule has 1 saturated heterocycles. The molecular formula is C27H25NO5S. The summed E-state index contributed by atoms with van der Waals surface area (Å²) in [5.74, 6) is -0.515. The second-order valence-corrected chi connectivity index (χ2v) is 8.94. The lowest BCUT2D eigenvalue weighted by molar-refractivity contribution is -0.150. The molecule has 0 saturated carbocycles. The van der Waals surface area contributed by atoms with Gasteiger partial charge < -0.3 is 9.47 Å². The summed E-state index contributed by atoms with van der Waals surface area (Å²) in [6, 6.07) is 21.4. The molecule has 1 aliphatic heterocycles. The Hall–Kier alpha value is -3.58. The van der Waals surface area contributed by atoms with Crippen molar-refractivity contribution in [1.82, 2.24) is 4.90 Å². The van der Waals surface area contributed by atoms with Crippen LogP contribution in [0.5, 0.6) is 5.75 Å². The number of esters is 1. The van der Waals surface area contributed by atoms with E-state index in [1.54, 1.807) is 13.0 Å². The Labute approximate surface area is 202 Å². The van der Waals surface area contributed by atoms with E-state index in [4.69, 9.17) is 9.47 Å². The van der Waals surface area contributed by atoms with E-state index in [0.29, 0.717) is 24.3 Å². The van der Waals surface area contributed by atoms with Crippen LogP contribution in [0.25, 0.3) is 16.8 Å². The quantitative estimate of drug-likeness (QED) is 0.303. The number of imide groups is 1. The summed E-state index contributed by atoms with van der Waals surface area (Å²) in [6.07, 6.45) is 2.05. The van der Waals surface area contributed by atoms with Crippen LogP contribution in [0.2, 0.25) is 0 Å². The SMILES string of the molecule is CC[C@@H](C)OC(=O)CN1C(=O)S/C(=C/c2c(OCc3ccccc3)ccc3ccccc23)C1=O. The van der Waals surface area contributed by atoms with E-state index < -0.39 is 23.7 Å². The van der Waals surface area contributed by atoms with Gasteiger partial charge >= 0.3 is 5.97 Å². The number of carbonyl (C=O) groups excluding carboxylic acids is 3. The van der Waals surface area contributed by atoms with Gasteiger partial charge in [0.15, 0.2) is 0 Å². The highest BCUT2D eigenvalue weighted by molar-refractivity contribution is 8.18. The van der Waals surface area contributed by atoms with Crippen LogP contribution in [-0.2, 0) is 20.9 Å². The average Bonchev–Trinajstić information content (AvgIpc) is 3.11. The number of benzene rings is 3. The van der Waals surface area contributed by atoms with Gasteiger partial charge in [0.1, 0.15) is 18.9 Å². The minimum atomic E-state index is -0.602. The molecule has 174 valence electrons. The lowest BCUT2D eigenvalue weighted by Crippen LogP contribution is -2.35. The second-order valence-electron chi connectivity index (χ2n) is 7.95. The predicted molar refractivity (Wildman–Crippen MR) is 133 cm³/mol. The minimum absolute atomic E-state index is 0.238. The van der Waals surface area contributed by atoms with Crippen molar-refractivity contribution in [3.8, 4) is 5.75 Å². The highest BCUT2D eigenvalue weighted by Crippen LogP contribution is 2.37. The summed E-state index contributed by atoms with van der Waals surface area (Å²) < 4.78 is 11.3. The number of hydrogen-bond donors (Lipinski definition) is 0. The molecule has 0 unspecified atom stereocenters. The van der Waals surface area contributed by atoms with Crippen LogP contribution < -0.4 is 4.74 Å². The molecule has 0 aliphatic carbocycles. The van der Waals surface area contributed by atoms with Gasteiger partial charge in [-0.2, -0.15) is 0 Å². The summed E-state index contributed by atoms with van der Waals surface area (Å²) in [7, 11) is 0. The van der Waals surface area contributed by atoms with Crippen LogP contribution in [0.3, 0.4) is 0 Å². The Kier molecular flexibility index (Phi) is 7.33. The average molecular weight is 476 g/mol. The topological polar surface area (TPSA) is 72.9 Å². The van der Waals surface area contributed by atoms with Crippen molar-refractivity contribution in [3.63, 3.8) is 0 Å². The van der Waals surface area contributed by atoms with Gasteiger partial charge in [0, 0.05) is 5.56 Å². The molecule has 3 aromatic carbocycles. The molecule has 6 nitrogen and oxygen atoms in total. The van der Waals surface area contributed by atoms with Gasteiger partial charge in [-0.25, -0.2) is 0 Å². The normalized spacial score (nSPS) is 15.7. The summed E-state index contributed by atoms with van der Waals surface area (Å²) in [6.45, 7) is 3.62. The molecule has 2 amide bonds. The van der Waals surface area contributed by atoms with Gasteiger partial charge in [-0.05, 0) is 53.6 Å². The number of nitrogens with zero attached hydrogens (tertiary/aromatic N) is 1. The van der Waals surface area contributed by atoms with Crippen molar-refractivity contribution < 1.29 is 23.9 Å². The molecule has 1 heterocycles. The van der Waals surface area contributed by atoms with E-state index in [0.717, 1.165) is 33.0 Å². The number of amides is 2. The van der Waals surface area contributed by atoms with Gasteiger partial charge in [0.2, 0.25) is 0 Å². The Morgan fingerprint density at radius 3 is 2.53 bits per heavy atom. The largest absolute Gasteiger partial charge is 0.488 e. The lowest BCUT2D eigenvalue weighted by Gasteiger charge is -2.15. The Balaban J connectivity index is 1.63. The zero-order chi connectivity index (χ0) is 24.1. The van der Waals surface area contributed by atoms with E-state index >= 15 is 0 Å². The fraction of sp³-hybridized carbons (Fsp3) is 0.222. The van der Waals surface area contributed by atoms with Crippen LogP contribution in [0.4, 0.5) is 4.79 Å². The summed E-state index contributed by atoms with van der Waals surface area (Å²) in [5.41, 5.74) is 1.73. The molecule has 1 atom stereocenters. The van der Waals surface area contributed by atoms with E-state index in [-0.39, 0.29) is 11.0 Å². The Morgan fingerprint density at radius 2 is 1.76 bits per heavy atom. The van der Waals surface area contributed by atoms with Crippen LogP contribution in [-0.4, -0.2) is 34.7 Å². The van der Waals surface area contributed by atoms with Gasteiger partial charge in [-0.15, -0.1) is 0 Å². The van der Waals surface area contributed by atoms with Gasteiger partial charge in [0.25, 0.3) is 11.1 Å². The van der Waals surface area contributed by atoms with E-state index in [1.807, 2.05) is 73.7 Å². The standard InChI is InChI=1S/C27H25NO5S/c1-3-18(2)33-25(29)16-28-26(30)24(34-27(28)31)15-22-21-12-8-7-11-20(21)13-14-23(22)32-17-19-9-5-4-6-10-19/h4-15,18H,3,16-17H2,1-2H3/b24-15+/t18-/m1/s1. The van der Waals surface area contributed by atoms with Crippen LogP contribution in [0, 0.1) is 0 Å². The maximum Gasteiger partial charge on any atom is 0.326 e. The Morgan fingerprint density at radius 1 is 1.03 bits per heavy atom. The molecule has 4 rings (SSSR count). The van der Waals surface area contributed by atoms with Crippen molar-refractivity contribution >= 4 is 45.7 Å². The van der Waals surface area contributed by atoms with E-state index in [1.165, 1.54) is 0 Å². The van der Waals surface area contributed by atoms with Crippen molar-refractivity contribution in [2.45, 2.75) is 33.0 Å². The maximum absolute atomic E-state index is 13.0. The van der Waals surface area contributed by atoms with Crippen molar-refractivity contribution in [2.24, 2.45) is 0 Å². The minimum Gasteiger partial charge on any atom is -0.488 e. The summed E-state index contributed by atoms with van der Waals surface area (Å²) >= 11 is 0.810. The first-order chi connectivity index (χ1) is 16.5. The van der Waals surface area contributed by atoms with Crippen LogP contribution in [0.1, 0.15) is 31.4 Å². The van der Waals surface area contributed by atoms with Crippen LogP contribution in [0.15, 0.2) is 71.6 Å². The number of hydrogen-bond acceptors (Lipinski definition) is 6. The first-order valence-electron chi connectivity index (χ1n) is 11.1. The fourth-order valence-corrected chi connectivity index (χ4v) is 4.35. The zero-order valence-corrected chi connectivity index (χ0v) is 19.8. The van der Waals surface area contributed by atoms with E-state index in [2.05, 4.69) is 0 Å². The molecule has 0 N–H and O–H groups in total. The molecule has 34 heavy (non-hydrogen) atoms. The van der Waals surface area contributed by atoms with E-state index in [9.17, 15) is 14.4 Å². The highest BCUT2D eigenvalue weighted by Gasteiger charge is 2.37. The zero-order valence-electron chi connectivity index (χ0n) is 19.0. The summed E-state index contributed by atoms with van der Waals surface area (Å²) in [5, 5.41) is 1.39. The number of thioether (sulfide) groups is 1. The first kappa shape index (κ1) is 23.6. The van der Waals surface area contributed by atoms with Crippen molar-refractivity contribution in [2.75, 3.05) is 6.54 Å². The highest BCUT2D eigenvalue weighted by atomic mass is 32.2. The molecular weight excluding hydrogens is 450 g/mol.